The van der Waals surface area contributed by atoms with Crippen LogP contribution in [-0.4, -0.2) is 15.2 Å². The SMILES string of the molecule is Clc1sc(-c2ccccc2)nc1-c1ccn[nH]1. The largest absolute Gasteiger partial charge is 0.276 e. The molecule has 1 N–H and O–H groups in total. The summed E-state index contributed by atoms with van der Waals surface area (Å²) < 4.78 is 0.674. The second kappa shape index (κ2) is 4.31. The second-order valence-corrected chi connectivity index (χ2v) is 5.08. The summed E-state index contributed by atoms with van der Waals surface area (Å²) in [6.07, 6.45) is 1.69. The van der Waals surface area contributed by atoms with Crippen LogP contribution in [0.3, 0.4) is 0 Å². The first-order valence-electron chi connectivity index (χ1n) is 5.06. The summed E-state index contributed by atoms with van der Waals surface area (Å²) in [4.78, 5) is 4.54. The van der Waals surface area contributed by atoms with E-state index in [2.05, 4.69) is 15.2 Å². The Morgan fingerprint density at radius 1 is 1.12 bits per heavy atom. The van der Waals surface area contributed by atoms with Crippen LogP contribution in [0.1, 0.15) is 0 Å². The van der Waals surface area contributed by atoms with Crippen LogP contribution in [0.5, 0.6) is 0 Å². The minimum atomic E-state index is 0.674. The number of benzene rings is 1. The Bertz CT molecular complexity index is 617. The van der Waals surface area contributed by atoms with E-state index in [4.69, 9.17) is 11.6 Å². The van der Waals surface area contributed by atoms with Gasteiger partial charge in [-0.2, -0.15) is 5.10 Å². The van der Waals surface area contributed by atoms with Gasteiger partial charge in [0.1, 0.15) is 15.0 Å². The third-order valence-electron chi connectivity index (χ3n) is 2.36. The first-order chi connectivity index (χ1) is 8.34. The van der Waals surface area contributed by atoms with E-state index < -0.39 is 0 Å². The number of thiazole rings is 1. The van der Waals surface area contributed by atoms with E-state index in [-0.39, 0.29) is 0 Å². The molecule has 0 saturated heterocycles. The smallest absolute Gasteiger partial charge is 0.125 e. The molecule has 0 fully saturated rings. The summed E-state index contributed by atoms with van der Waals surface area (Å²) in [5, 5.41) is 7.69. The molecule has 3 aromatic rings. The van der Waals surface area contributed by atoms with Crippen LogP contribution >= 0.6 is 22.9 Å². The van der Waals surface area contributed by atoms with E-state index in [9.17, 15) is 0 Å². The average molecular weight is 262 g/mol. The van der Waals surface area contributed by atoms with E-state index in [0.717, 1.165) is 22.0 Å². The van der Waals surface area contributed by atoms with Crippen molar-refractivity contribution in [3.63, 3.8) is 0 Å². The molecule has 1 aromatic carbocycles. The van der Waals surface area contributed by atoms with Crippen molar-refractivity contribution in [2.24, 2.45) is 0 Å². The lowest BCUT2D eigenvalue weighted by Crippen LogP contribution is -1.80. The molecule has 0 radical (unpaired) electrons. The minimum absolute atomic E-state index is 0.674. The van der Waals surface area contributed by atoms with Crippen LogP contribution in [0.2, 0.25) is 4.34 Å². The molecule has 3 rings (SSSR count). The summed E-state index contributed by atoms with van der Waals surface area (Å²) in [5.41, 5.74) is 2.67. The van der Waals surface area contributed by atoms with Gasteiger partial charge in [0.2, 0.25) is 0 Å². The fourth-order valence-corrected chi connectivity index (χ4v) is 2.74. The molecule has 0 aliphatic rings. The Kier molecular flexibility index (Phi) is 2.66. The lowest BCUT2D eigenvalue weighted by Gasteiger charge is -1.93. The van der Waals surface area contributed by atoms with Gasteiger partial charge >= 0.3 is 0 Å². The Balaban J connectivity index is 2.08. The summed E-state index contributed by atoms with van der Waals surface area (Å²) in [5.74, 6) is 0. The highest BCUT2D eigenvalue weighted by Crippen LogP contribution is 2.36. The number of hydrogen-bond acceptors (Lipinski definition) is 3. The molecule has 0 aliphatic carbocycles. The van der Waals surface area contributed by atoms with Gasteiger partial charge in [0, 0.05) is 11.8 Å². The van der Waals surface area contributed by atoms with Gasteiger partial charge in [-0.05, 0) is 6.07 Å². The van der Waals surface area contributed by atoms with Crippen molar-refractivity contribution in [2.75, 3.05) is 0 Å². The second-order valence-electron chi connectivity index (χ2n) is 3.48. The molecule has 0 saturated carbocycles. The van der Waals surface area contributed by atoms with Gasteiger partial charge in [0.05, 0.1) is 5.69 Å². The third kappa shape index (κ3) is 1.97. The van der Waals surface area contributed by atoms with Crippen molar-refractivity contribution in [1.82, 2.24) is 15.2 Å². The molecule has 2 aromatic heterocycles. The minimum Gasteiger partial charge on any atom is -0.276 e. The van der Waals surface area contributed by atoms with Gasteiger partial charge in [-0.15, -0.1) is 11.3 Å². The van der Waals surface area contributed by atoms with Crippen LogP contribution in [0.25, 0.3) is 22.0 Å². The van der Waals surface area contributed by atoms with Crippen molar-refractivity contribution in [1.29, 1.82) is 0 Å². The van der Waals surface area contributed by atoms with E-state index in [0.29, 0.717) is 4.34 Å². The van der Waals surface area contributed by atoms with Gasteiger partial charge in [-0.1, -0.05) is 41.9 Å². The highest BCUT2D eigenvalue weighted by atomic mass is 35.5. The van der Waals surface area contributed by atoms with Crippen LogP contribution in [-0.2, 0) is 0 Å². The zero-order valence-electron chi connectivity index (χ0n) is 8.72. The number of nitrogens with zero attached hydrogens (tertiary/aromatic N) is 2. The highest BCUT2D eigenvalue weighted by Gasteiger charge is 2.13. The summed E-state index contributed by atoms with van der Waals surface area (Å²) >= 11 is 7.67. The summed E-state index contributed by atoms with van der Waals surface area (Å²) in [7, 11) is 0. The van der Waals surface area contributed by atoms with Crippen LogP contribution in [0.4, 0.5) is 0 Å². The number of rotatable bonds is 2. The first-order valence-corrected chi connectivity index (χ1v) is 6.25. The number of aromatic nitrogens is 3. The quantitative estimate of drug-likeness (QED) is 0.761. The molecule has 0 atom stereocenters. The lowest BCUT2D eigenvalue weighted by atomic mass is 10.2. The van der Waals surface area contributed by atoms with Gasteiger partial charge in [0.25, 0.3) is 0 Å². The summed E-state index contributed by atoms with van der Waals surface area (Å²) in [6, 6.07) is 11.9. The molecule has 0 unspecified atom stereocenters. The lowest BCUT2D eigenvalue weighted by molar-refractivity contribution is 1.09. The first kappa shape index (κ1) is 10.5. The molecule has 3 nitrogen and oxygen atoms in total. The van der Waals surface area contributed by atoms with E-state index in [1.165, 1.54) is 11.3 Å². The highest BCUT2D eigenvalue weighted by molar-refractivity contribution is 7.19. The molecule has 0 aliphatic heterocycles. The zero-order chi connectivity index (χ0) is 11.7. The van der Waals surface area contributed by atoms with Gasteiger partial charge in [-0.25, -0.2) is 4.98 Å². The Morgan fingerprint density at radius 3 is 2.65 bits per heavy atom. The zero-order valence-corrected chi connectivity index (χ0v) is 10.3. The number of nitrogens with one attached hydrogen (secondary N) is 1. The molecule has 84 valence electrons. The standard InChI is InChI=1S/C12H8ClN3S/c13-11-10(9-6-7-14-16-9)15-12(17-11)8-4-2-1-3-5-8/h1-7H,(H,14,16). The summed E-state index contributed by atoms with van der Waals surface area (Å²) in [6.45, 7) is 0. The Hall–Kier alpha value is -1.65. The van der Waals surface area contributed by atoms with Crippen molar-refractivity contribution < 1.29 is 0 Å². The van der Waals surface area contributed by atoms with Crippen molar-refractivity contribution in [2.45, 2.75) is 0 Å². The Labute approximate surface area is 107 Å². The number of hydrogen-bond donors (Lipinski definition) is 1. The molecule has 5 heteroatoms. The fraction of sp³-hybridized carbons (Fsp3) is 0. The van der Waals surface area contributed by atoms with Crippen LogP contribution < -0.4 is 0 Å². The van der Waals surface area contributed by atoms with E-state index >= 15 is 0 Å². The molecule has 0 spiro atoms. The van der Waals surface area contributed by atoms with E-state index in [1.807, 2.05) is 36.4 Å². The molecule has 2 heterocycles. The van der Waals surface area contributed by atoms with Gasteiger partial charge in [-0.3, -0.25) is 5.10 Å². The van der Waals surface area contributed by atoms with Gasteiger partial charge < -0.3 is 0 Å². The maximum Gasteiger partial charge on any atom is 0.125 e. The molecule has 0 bridgehead atoms. The van der Waals surface area contributed by atoms with Crippen LogP contribution in [0, 0.1) is 0 Å². The molecular formula is C12H8ClN3S. The number of aromatic amines is 1. The fourth-order valence-electron chi connectivity index (χ4n) is 1.56. The topological polar surface area (TPSA) is 41.6 Å². The Morgan fingerprint density at radius 2 is 1.94 bits per heavy atom. The maximum atomic E-state index is 6.19. The molecular weight excluding hydrogens is 254 g/mol. The average Bonchev–Trinajstić information content (AvgIpc) is 2.99. The molecule has 17 heavy (non-hydrogen) atoms. The normalized spacial score (nSPS) is 10.6. The van der Waals surface area contributed by atoms with Crippen molar-refractivity contribution in [3.05, 3.63) is 46.9 Å². The predicted octanol–water partition coefficient (Wildman–Crippen LogP) is 3.85. The number of H-pyrrole nitrogens is 1. The van der Waals surface area contributed by atoms with Crippen molar-refractivity contribution >= 4 is 22.9 Å². The van der Waals surface area contributed by atoms with E-state index in [1.54, 1.807) is 6.20 Å². The number of halogens is 1. The predicted molar refractivity (Wildman–Crippen MR) is 70.1 cm³/mol. The maximum absolute atomic E-state index is 6.19. The monoisotopic (exact) mass is 261 g/mol. The van der Waals surface area contributed by atoms with Gasteiger partial charge in [0.15, 0.2) is 0 Å². The van der Waals surface area contributed by atoms with Crippen LogP contribution in [0.15, 0.2) is 42.6 Å². The molecule has 0 amide bonds. The van der Waals surface area contributed by atoms with Crippen molar-refractivity contribution in [3.8, 4) is 22.0 Å². The third-order valence-corrected chi connectivity index (χ3v) is 3.67.